The zero-order chi connectivity index (χ0) is 13.8. The van der Waals surface area contributed by atoms with Crippen molar-refractivity contribution in [2.24, 2.45) is 0 Å². The molecule has 1 N–H and O–H groups in total. The van der Waals surface area contributed by atoms with Gasteiger partial charge in [0.05, 0.1) is 5.69 Å². The number of hydrogen-bond acceptors (Lipinski definition) is 4. The number of aryl methyl sites for hydroxylation is 2. The highest BCUT2D eigenvalue weighted by molar-refractivity contribution is 5.85. The molecule has 0 aliphatic rings. The molecule has 2 aromatic heterocycles. The van der Waals surface area contributed by atoms with Crippen LogP contribution in [0.2, 0.25) is 0 Å². The van der Waals surface area contributed by atoms with E-state index in [0.717, 1.165) is 17.8 Å². The van der Waals surface area contributed by atoms with Crippen molar-refractivity contribution in [3.05, 3.63) is 47.4 Å². The van der Waals surface area contributed by atoms with E-state index in [2.05, 4.69) is 9.97 Å². The van der Waals surface area contributed by atoms with Crippen molar-refractivity contribution in [2.45, 2.75) is 20.3 Å². The number of hydrogen-bond donors (Lipinski definition) is 1. The summed E-state index contributed by atoms with van der Waals surface area (Å²) in [5, 5.41) is 8.88. The Labute approximate surface area is 110 Å². The van der Waals surface area contributed by atoms with Crippen LogP contribution in [0.4, 0.5) is 0 Å². The van der Waals surface area contributed by atoms with Crippen LogP contribution in [0, 0.1) is 6.92 Å². The van der Waals surface area contributed by atoms with E-state index in [-0.39, 0.29) is 11.6 Å². The maximum atomic E-state index is 10.8. The summed E-state index contributed by atoms with van der Waals surface area (Å²) in [7, 11) is 0. The first-order valence-corrected chi connectivity index (χ1v) is 5.95. The molecule has 0 saturated heterocycles. The van der Waals surface area contributed by atoms with Gasteiger partial charge in [-0.05, 0) is 31.5 Å². The minimum Gasteiger partial charge on any atom is -0.477 e. The first-order chi connectivity index (χ1) is 9.10. The molecule has 5 heteroatoms. The van der Waals surface area contributed by atoms with E-state index in [0.29, 0.717) is 5.75 Å². The average Bonchev–Trinajstić information content (AvgIpc) is 2.41. The minimum absolute atomic E-state index is 0.0457. The number of pyridine rings is 2. The fourth-order valence-corrected chi connectivity index (χ4v) is 1.65. The van der Waals surface area contributed by atoms with E-state index in [1.807, 2.05) is 26.0 Å². The molecule has 0 unspecified atom stereocenters. The van der Waals surface area contributed by atoms with Crippen molar-refractivity contribution in [3.63, 3.8) is 0 Å². The molecule has 19 heavy (non-hydrogen) atoms. The van der Waals surface area contributed by atoms with Gasteiger partial charge in [0.25, 0.3) is 0 Å². The molecule has 0 bridgehead atoms. The van der Waals surface area contributed by atoms with E-state index in [4.69, 9.17) is 9.84 Å². The Morgan fingerprint density at radius 1 is 1.26 bits per heavy atom. The zero-order valence-corrected chi connectivity index (χ0v) is 10.8. The number of aromatic carboxylic acids is 1. The number of ether oxygens (including phenoxy) is 1. The SMILES string of the molecule is CCc1nc(C)ccc1Oc1cccc(C(=O)O)n1. The fraction of sp³-hybridized carbons (Fsp3) is 0.214. The topological polar surface area (TPSA) is 72.3 Å². The molecule has 0 amide bonds. The van der Waals surface area contributed by atoms with Crippen molar-refractivity contribution in [3.8, 4) is 11.6 Å². The van der Waals surface area contributed by atoms with Gasteiger partial charge in [-0.3, -0.25) is 4.98 Å². The molecular formula is C14H14N2O3. The van der Waals surface area contributed by atoms with Crippen LogP contribution in [0.25, 0.3) is 0 Å². The lowest BCUT2D eigenvalue weighted by Crippen LogP contribution is -2.02. The molecule has 5 nitrogen and oxygen atoms in total. The molecule has 2 aromatic rings. The molecule has 0 radical (unpaired) electrons. The minimum atomic E-state index is -1.08. The van der Waals surface area contributed by atoms with E-state index < -0.39 is 5.97 Å². The number of carboxylic acid groups (broad SMARTS) is 1. The third-order valence-electron chi connectivity index (χ3n) is 2.56. The molecule has 0 aromatic carbocycles. The van der Waals surface area contributed by atoms with Gasteiger partial charge >= 0.3 is 5.97 Å². The highest BCUT2D eigenvalue weighted by atomic mass is 16.5. The third-order valence-corrected chi connectivity index (χ3v) is 2.56. The number of carboxylic acids is 1. The highest BCUT2D eigenvalue weighted by Gasteiger charge is 2.09. The number of rotatable bonds is 4. The zero-order valence-electron chi connectivity index (χ0n) is 10.8. The van der Waals surface area contributed by atoms with Crippen molar-refractivity contribution in [1.82, 2.24) is 9.97 Å². The lowest BCUT2D eigenvalue weighted by molar-refractivity contribution is 0.0689. The van der Waals surface area contributed by atoms with Crippen LogP contribution in [-0.4, -0.2) is 21.0 Å². The number of nitrogens with zero attached hydrogens (tertiary/aromatic N) is 2. The molecule has 2 heterocycles. The fourth-order valence-electron chi connectivity index (χ4n) is 1.65. The molecule has 0 atom stereocenters. The highest BCUT2D eigenvalue weighted by Crippen LogP contribution is 2.23. The molecule has 0 aliphatic heterocycles. The molecule has 0 fully saturated rings. The van der Waals surface area contributed by atoms with Crippen molar-refractivity contribution in [1.29, 1.82) is 0 Å². The Morgan fingerprint density at radius 3 is 2.74 bits per heavy atom. The van der Waals surface area contributed by atoms with Crippen molar-refractivity contribution >= 4 is 5.97 Å². The second kappa shape index (κ2) is 5.48. The maximum Gasteiger partial charge on any atom is 0.354 e. The van der Waals surface area contributed by atoms with Crippen LogP contribution in [0.1, 0.15) is 28.8 Å². The first-order valence-electron chi connectivity index (χ1n) is 5.95. The van der Waals surface area contributed by atoms with Crippen LogP contribution in [0.3, 0.4) is 0 Å². The summed E-state index contributed by atoms with van der Waals surface area (Å²) in [6.07, 6.45) is 0.732. The van der Waals surface area contributed by atoms with Gasteiger partial charge in [0.2, 0.25) is 5.88 Å². The summed E-state index contributed by atoms with van der Waals surface area (Å²) in [5.74, 6) is -0.230. The van der Waals surface area contributed by atoms with Gasteiger partial charge in [0, 0.05) is 11.8 Å². The Morgan fingerprint density at radius 2 is 2.05 bits per heavy atom. The van der Waals surface area contributed by atoms with Crippen LogP contribution in [0.5, 0.6) is 11.6 Å². The Hall–Kier alpha value is -2.43. The van der Waals surface area contributed by atoms with E-state index >= 15 is 0 Å². The lowest BCUT2D eigenvalue weighted by atomic mass is 10.2. The lowest BCUT2D eigenvalue weighted by Gasteiger charge is -2.09. The van der Waals surface area contributed by atoms with Crippen LogP contribution < -0.4 is 4.74 Å². The summed E-state index contributed by atoms with van der Waals surface area (Å²) in [4.78, 5) is 19.1. The van der Waals surface area contributed by atoms with Gasteiger partial charge in [0.15, 0.2) is 11.4 Å². The predicted molar refractivity (Wildman–Crippen MR) is 69.6 cm³/mol. The number of carbonyl (C=O) groups is 1. The van der Waals surface area contributed by atoms with Crippen LogP contribution in [0.15, 0.2) is 30.3 Å². The number of aromatic nitrogens is 2. The quantitative estimate of drug-likeness (QED) is 0.912. The summed E-state index contributed by atoms with van der Waals surface area (Å²) >= 11 is 0. The van der Waals surface area contributed by atoms with Gasteiger partial charge in [-0.25, -0.2) is 9.78 Å². The third kappa shape index (κ3) is 3.07. The molecule has 0 aliphatic carbocycles. The maximum absolute atomic E-state index is 10.8. The largest absolute Gasteiger partial charge is 0.477 e. The van der Waals surface area contributed by atoms with Gasteiger partial charge in [-0.15, -0.1) is 0 Å². The predicted octanol–water partition coefficient (Wildman–Crippen LogP) is 2.84. The van der Waals surface area contributed by atoms with Gasteiger partial charge in [-0.2, -0.15) is 0 Å². The van der Waals surface area contributed by atoms with E-state index in [1.54, 1.807) is 12.1 Å². The Balaban J connectivity index is 2.30. The Kier molecular flexibility index (Phi) is 3.75. The molecule has 0 saturated carbocycles. The van der Waals surface area contributed by atoms with Crippen LogP contribution in [-0.2, 0) is 6.42 Å². The summed E-state index contributed by atoms with van der Waals surface area (Å²) < 4.78 is 5.61. The molecular weight excluding hydrogens is 244 g/mol. The van der Waals surface area contributed by atoms with Crippen molar-refractivity contribution < 1.29 is 14.6 Å². The standard InChI is InChI=1S/C14H14N2O3/c1-3-10-12(8-7-9(2)15-10)19-13-6-4-5-11(16-13)14(17)18/h4-8H,3H2,1-2H3,(H,17,18). The normalized spacial score (nSPS) is 10.2. The second-order valence-corrected chi connectivity index (χ2v) is 4.02. The molecule has 0 spiro atoms. The average molecular weight is 258 g/mol. The monoisotopic (exact) mass is 258 g/mol. The van der Waals surface area contributed by atoms with Gasteiger partial charge in [-0.1, -0.05) is 13.0 Å². The van der Waals surface area contributed by atoms with Gasteiger partial charge < -0.3 is 9.84 Å². The Bertz CT molecular complexity index is 611. The van der Waals surface area contributed by atoms with E-state index in [9.17, 15) is 4.79 Å². The summed E-state index contributed by atoms with van der Waals surface area (Å²) in [5.41, 5.74) is 1.69. The summed E-state index contributed by atoms with van der Waals surface area (Å²) in [6, 6.07) is 8.29. The second-order valence-electron chi connectivity index (χ2n) is 4.02. The van der Waals surface area contributed by atoms with Crippen molar-refractivity contribution in [2.75, 3.05) is 0 Å². The van der Waals surface area contributed by atoms with Gasteiger partial charge in [0.1, 0.15) is 0 Å². The smallest absolute Gasteiger partial charge is 0.354 e. The molecule has 2 rings (SSSR count). The molecule has 98 valence electrons. The van der Waals surface area contributed by atoms with Crippen LogP contribution >= 0.6 is 0 Å². The first kappa shape index (κ1) is 13.0. The van der Waals surface area contributed by atoms with E-state index in [1.165, 1.54) is 6.07 Å². The summed E-state index contributed by atoms with van der Waals surface area (Å²) in [6.45, 7) is 3.89.